The van der Waals surface area contributed by atoms with E-state index in [1.54, 1.807) is 0 Å². The molecule has 0 aromatic carbocycles. The van der Waals surface area contributed by atoms with Crippen LogP contribution in [0.2, 0.25) is 0 Å². The Morgan fingerprint density at radius 2 is 1.77 bits per heavy atom. The van der Waals surface area contributed by atoms with Gasteiger partial charge in [-0.2, -0.15) is 5.26 Å². The second-order valence-electron chi connectivity index (χ2n) is 4.87. The Kier molecular flexibility index (Phi) is 2.29. The highest BCUT2D eigenvalue weighted by atomic mass is 15.2. The highest BCUT2D eigenvalue weighted by molar-refractivity contribution is 4.99. The average molecular weight is 178 g/mol. The van der Waals surface area contributed by atoms with Gasteiger partial charge in [-0.05, 0) is 38.5 Å². The van der Waals surface area contributed by atoms with E-state index in [2.05, 4.69) is 24.8 Å². The lowest BCUT2D eigenvalue weighted by Gasteiger charge is -2.21. The summed E-state index contributed by atoms with van der Waals surface area (Å²) in [6.45, 7) is 7.01. The Balaban J connectivity index is 1.94. The second-order valence-corrected chi connectivity index (χ2v) is 4.87. The van der Waals surface area contributed by atoms with Crippen LogP contribution in [-0.2, 0) is 0 Å². The number of nitrogens with zero attached hydrogens (tertiary/aromatic N) is 2. The molecular formula is C11H18N2. The molecule has 1 aliphatic carbocycles. The van der Waals surface area contributed by atoms with E-state index in [9.17, 15) is 0 Å². The fourth-order valence-electron chi connectivity index (χ4n) is 2.86. The normalized spacial score (nSPS) is 39.4. The molecular weight excluding hydrogens is 160 g/mol. The SMILES string of the molecule is CC(C)N1CC2CC(C#N)CC2C1. The molecule has 2 atom stereocenters. The lowest BCUT2D eigenvalue weighted by molar-refractivity contribution is 0.250. The van der Waals surface area contributed by atoms with Gasteiger partial charge in [0.25, 0.3) is 0 Å². The summed E-state index contributed by atoms with van der Waals surface area (Å²) in [5.74, 6) is 2.02. The monoisotopic (exact) mass is 178 g/mol. The van der Waals surface area contributed by atoms with Crippen molar-refractivity contribution in [3.8, 4) is 6.07 Å². The smallest absolute Gasteiger partial charge is 0.0656 e. The molecule has 13 heavy (non-hydrogen) atoms. The zero-order valence-electron chi connectivity index (χ0n) is 8.53. The van der Waals surface area contributed by atoms with Gasteiger partial charge in [-0.3, -0.25) is 0 Å². The van der Waals surface area contributed by atoms with Crippen LogP contribution in [0.25, 0.3) is 0 Å². The fraction of sp³-hybridized carbons (Fsp3) is 0.909. The summed E-state index contributed by atoms with van der Waals surface area (Å²) in [7, 11) is 0. The van der Waals surface area contributed by atoms with E-state index >= 15 is 0 Å². The van der Waals surface area contributed by atoms with Gasteiger partial charge in [-0.15, -0.1) is 0 Å². The van der Waals surface area contributed by atoms with Crippen LogP contribution in [0.15, 0.2) is 0 Å². The van der Waals surface area contributed by atoms with Crippen molar-refractivity contribution in [3.63, 3.8) is 0 Å². The summed E-state index contributed by atoms with van der Waals surface area (Å²) in [6.07, 6.45) is 2.31. The lowest BCUT2D eigenvalue weighted by atomic mass is 10.0. The maximum atomic E-state index is 8.83. The molecule has 2 heteroatoms. The number of hydrogen-bond donors (Lipinski definition) is 0. The molecule has 2 rings (SSSR count). The third-order valence-electron chi connectivity index (χ3n) is 3.69. The zero-order chi connectivity index (χ0) is 9.42. The predicted molar refractivity (Wildman–Crippen MR) is 52.0 cm³/mol. The molecule has 0 spiro atoms. The Labute approximate surface area is 80.5 Å². The highest BCUT2D eigenvalue weighted by Crippen LogP contribution is 2.41. The van der Waals surface area contributed by atoms with Crippen LogP contribution in [0.3, 0.4) is 0 Å². The maximum Gasteiger partial charge on any atom is 0.0656 e. The highest BCUT2D eigenvalue weighted by Gasteiger charge is 2.41. The number of rotatable bonds is 1. The van der Waals surface area contributed by atoms with E-state index in [1.807, 2.05) is 0 Å². The van der Waals surface area contributed by atoms with Crippen LogP contribution in [-0.4, -0.2) is 24.0 Å². The summed E-state index contributed by atoms with van der Waals surface area (Å²) in [5.41, 5.74) is 0. The van der Waals surface area contributed by atoms with Gasteiger partial charge in [-0.25, -0.2) is 0 Å². The van der Waals surface area contributed by atoms with Gasteiger partial charge in [0.1, 0.15) is 0 Å². The minimum absolute atomic E-state index is 0.365. The molecule has 0 aromatic rings. The number of likely N-dealkylation sites (tertiary alicyclic amines) is 1. The van der Waals surface area contributed by atoms with Gasteiger partial charge in [0.15, 0.2) is 0 Å². The van der Waals surface area contributed by atoms with Crippen molar-refractivity contribution in [2.45, 2.75) is 32.7 Å². The van der Waals surface area contributed by atoms with Crippen LogP contribution < -0.4 is 0 Å². The number of nitriles is 1. The summed E-state index contributed by atoms with van der Waals surface area (Å²) in [4.78, 5) is 2.56. The molecule has 2 unspecified atom stereocenters. The fourth-order valence-corrected chi connectivity index (χ4v) is 2.86. The van der Waals surface area contributed by atoms with Crippen molar-refractivity contribution < 1.29 is 0 Å². The Morgan fingerprint density at radius 3 is 2.15 bits per heavy atom. The van der Waals surface area contributed by atoms with Crippen LogP contribution in [0.5, 0.6) is 0 Å². The quantitative estimate of drug-likeness (QED) is 0.613. The Morgan fingerprint density at radius 1 is 1.23 bits per heavy atom. The molecule has 1 saturated heterocycles. The van der Waals surface area contributed by atoms with E-state index in [0.717, 1.165) is 24.7 Å². The third kappa shape index (κ3) is 1.58. The van der Waals surface area contributed by atoms with Crippen molar-refractivity contribution in [2.75, 3.05) is 13.1 Å². The molecule has 2 fully saturated rings. The van der Waals surface area contributed by atoms with Crippen molar-refractivity contribution in [2.24, 2.45) is 17.8 Å². The Hall–Kier alpha value is -0.550. The van der Waals surface area contributed by atoms with Crippen molar-refractivity contribution in [1.29, 1.82) is 5.26 Å². The molecule has 0 radical (unpaired) electrons. The largest absolute Gasteiger partial charge is 0.300 e. The van der Waals surface area contributed by atoms with Gasteiger partial charge >= 0.3 is 0 Å². The van der Waals surface area contributed by atoms with E-state index in [-0.39, 0.29) is 0 Å². The van der Waals surface area contributed by atoms with Crippen molar-refractivity contribution in [1.82, 2.24) is 4.90 Å². The standard InChI is InChI=1S/C11H18N2/c1-8(2)13-6-10-3-9(5-12)4-11(10)7-13/h8-11H,3-4,6-7H2,1-2H3. The van der Waals surface area contributed by atoms with E-state index in [0.29, 0.717) is 12.0 Å². The minimum Gasteiger partial charge on any atom is -0.300 e. The minimum atomic E-state index is 0.365. The molecule has 1 heterocycles. The third-order valence-corrected chi connectivity index (χ3v) is 3.69. The summed E-state index contributed by atoms with van der Waals surface area (Å²) < 4.78 is 0. The first-order chi connectivity index (χ1) is 6.20. The number of fused-ring (bicyclic) bond motifs is 1. The van der Waals surface area contributed by atoms with Gasteiger partial charge in [0, 0.05) is 25.0 Å². The topological polar surface area (TPSA) is 27.0 Å². The van der Waals surface area contributed by atoms with Crippen LogP contribution in [0, 0.1) is 29.1 Å². The summed E-state index contributed by atoms with van der Waals surface area (Å²) in [6, 6.07) is 3.10. The molecule has 0 amide bonds. The lowest BCUT2D eigenvalue weighted by Crippen LogP contribution is -2.29. The first-order valence-corrected chi connectivity index (χ1v) is 5.34. The Bertz CT molecular complexity index is 215. The molecule has 1 saturated carbocycles. The molecule has 72 valence electrons. The van der Waals surface area contributed by atoms with Crippen molar-refractivity contribution >= 4 is 0 Å². The molecule has 0 aromatic heterocycles. The van der Waals surface area contributed by atoms with Crippen LogP contribution >= 0.6 is 0 Å². The molecule has 1 aliphatic heterocycles. The molecule has 2 nitrogen and oxygen atoms in total. The van der Waals surface area contributed by atoms with E-state index in [1.165, 1.54) is 13.1 Å². The average Bonchev–Trinajstić information content (AvgIpc) is 2.58. The van der Waals surface area contributed by atoms with Crippen LogP contribution in [0.1, 0.15) is 26.7 Å². The van der Waals surface area contributed by atoms with Crippen molar-refractivity contribution in [3.05, 3.63) is 0 Å². The van der Waals surface area contributed by atoms with Gasteiger partial charge in [0.2, 0.25) is 0 Å². The molecule has 0 N–H and O–H groups in total. The van der Waals surface area contributed by atoms with Gasteiger partial charge in [0.05, 0.1) is 6.07 Å². The predicted octanol–water partition coefficient (Wildman–Crippen LogP) is 1.88. The maximum absolute atomic E-state index is 8.83. The molecule has 0 bridgehead atoms. The molecule has 2 aliphatic rings. The second kappa shape index (κ2) is 3.31. The van der Waals surface area contributed by atoms with Crippen LogP contribution in [0.4, 0.5) is 0 Å². The summed E-state index contributed by atoms with van der Waals surface area (Å²) >= 11 is 0. The van der Waals surface area contributed by atoms with E-state index in [4.69, 9.17) is 5.26 Å². The first-order valence-electron chi connectivity index (χ1n) is 5.34. The zero-order valence-corrected chi connectivity index (χ0v) is 8.53. The van der Waals surface area contributed by atoms with E-state index < -0.39 is 0 Å². The summed E-state index contributed by atoms with van der Waals surface area (Å²) in [5, 5.41) is 8.83. The first kappa shape index (κ1) is 9.02. The van der Waals surface area contributed by atoms with Gasteiger partial charge in [-0.1, -0.05) is 0 Å². The number of hydrogen-bond acceptors (Lipinski definition) is 2. The van der Waals surface area contributed by atoms with Gasteiger partial charge < -0.3 is 4.90 Å².